The number of carbonyl (C=O) groups is 1. The maximum absolute atomic E-state index is 12.9. The Bertz CT molecular complexity index is 1230. The summed E-state index contributed by atoms with van der Waals surface area (Å²) in [7, 11) is -3.46. The summed E-state index contributed by atoms with van der Waals surface area (Å²) in [6.07, 6.45) is 2.88. The molecule has 0 spiro atoms. The minimum Gasteiger partial charge on any atom is -0.348 e. The Morgan fingerprint density at radius 3 is 2.42 bits per heavy atom. The highest BCUT2D eigenvalue weighted by molar-refractivity contribution is 7.89. The van der Waals surface area contributed by atoms with E-state index < -0.39 is 10.0 Å². The zero-order valence-electron chi connectivity index (χ0n) is 18.1. The Morgan fingerprint density at radius 2 is 1.74 bits per heavy atom. The molecule has 1 saturated heterocycles. The number of aryl methyl sites for hydroxylation is 3. The van der Waals surface area contributed by atoms with Gasteiger partial charge in [0.1, 0.15) is 5.56 Å². The van der Waals surface area contributed by atoms with Gasteiger partial charge in [0.2, 0.25) is 10.0 Å². The summed E-state index contributed by atoms with van der Waals surface area (Å²) in [6, 6.07) is 8.63. The van der Waals surface area contributed by atoms with Crippen molar-refractivity contribution in [3.63, 3.8) is 0 Å². The molecule has 1 aromatic carbocycles. The molecule has 0 unspecified atom stereocenters. The first-order valence-corrected chi connectivity index (χ1v) is 11.9. The van der Waals surface area contributed by atoms with E-state index in [0.717, 1.165) is 36.2 Å². The first-order valence-electron chi connectivity index (χ1n) is 10.5. The van der Waals surface area contributed by atoms with E-state index in [0.29, 0.717) is 30.0 Å². The average Bonchev–Trinajstić information content (AvgIpc) is 3.09. The number of carbonyl (C=O) groups excluding carboxylic acids is 1. The standard InChI is InChI=1S/C22H27N5O3S/c1-15-13-16(2)27-21(24-15)20(17(3)25-27)22(28)23-14-18-7-9-19(10-8-18)31(29,30)26-11-5-4-6-12-26/h7-10,13H,4-6,11-12,14H2,1-3H3,(H,23,28). The molecule has 3 heterocycles. The SMILES string of the molecule is Cc1cc(C)n2nc(C)c(C(=O)NCc3ccc(S(=O)(=O)N4CCCCC4)cc3)c2n1. The first kappa shape index (κ1) is 21.5. The first-order chi connectivity index (χ1) is 14.8. The van der Waals surface area contributed by atoms with Gasteiger partial charge in [-0.15, -0.1) is 0 Å². The monoisotopic (exact) mass is 441 g/mol. The van der Waals surface area contributed by atoms with Gasteiger partial charge in [-0.2, -0.15) is 9.40 Å². The van der Waals surface area contributed by atoms with Crippen molar-refractivity contribution in [1.82, 2.24) is 24.2 Å². The fourth-order valence-corrected chi connectivity index (χ4v) is 5.51. The minimum atomic E-state index is -3.46. The normalized spacial score (nSPS) is 15.3. The number of sulfonamides is 1. The van der Waals surface area contributed by atoms with E-state index in [9.17, 15) is 13.2 Å². The molecule has 1 N–H and O–H groups in total. The third-order valence-electron chi connectivity index (χ3n) is 5.63. The molecular weight excluding hydrogens is 414 g/mol. The highest BCUT2D eigenvalue weighted by Gasteiger charge is 2.25. The van der Waals surface area contributed by atoms with Crippen LogP contribution in [0.25, 0.3) is 5.65 Å². The van der Waals surface area contributed by atoms with Gasteiger partial charge in [-0.05, 0) is 57.4 Å². The van der Waals surface area contributed by atoms with Crippen molar-refractivity contribution in [3.8, 4) is 0 Å². The Balaban J connectivity index is 1.48. The molecule has 164 valence electrons. The number of nitrogens with zero attached hydrogens (tertiary/aromatic N) is 4. The van der Waals surface area contributed by atoms with Crippen LogP contribution in [0.3, 0.4) is 0 Å². The molecule has 9 heteroatoms. The number of piperidine rings is 1. The lowest BCUT2D eigenvalue weighted by atomic mass is 10.2. The van der Waals surface area contributed by atoms with Gasteiger partial charge in [0.25, 0.3) is 5.91 Å². The maximum atomic E-state index is 12.9. The van der Waals surface area contributed by atoms with Crippen LogP contribution in [0.5, 0.6) is 0 Å². The molecule has 1 aliphatic rings. The predicted molar refractivity (Wildman–Crippen MR) is 117 cm³/mol. The Morgan fingerprint density at radius 1 is 1.06 bits per heavy atom. The summed E-state index contributed by atoms with van der Waals surface area (Å²) >= 11 is 0. The number of rotatable bonds is 5. The number of nitrogens with one attached hydrogen (secondary N) is 1. The molecule has 3 aromatic rings. The summed E-state index contributed by atoms with van der Waals surface area (Å²) < 4.78 is 28.8. The lowest BCUT2D eigenvalue weighted by molar-refractivity contribution is 0.0951. The summed E-state index contributed by atoms with van der Waals surface area (Å²) in [4.78, 5) is 17.6. The van der Waals surface area contributed by atoms with Crippen molar-refractivity contribution < 1.29 is 13.2 Å². The van der Waals surface area contributed by atoms with Crippen LogP contribution in [-0.2, 0) is 16.6 Å². The van der Waals surface area contributed by atoms with Gasteiger partial charge in [-0.25, -0.2) is 17.9 Å². The van der Waals surface area contributed by atoms with Crippen molar-refractivity contribution in [1.29, 1.82) is 0 Å². The van der Waals surface area contributed by atoms with Crippen molar-refractivity contribution in [2.24, 2.45) is 0 Å². The van der Waals surface area contributed by atoms with Crippen LogP contribution in [0.1, 0.15) is 52.3 Å². The molecule has 31 heavy (non-hydrogen) atoms. The quantitative estimate of drug-likeness (QED) is 0.657. The third kappa shape index (κ3) is 4.20. The largest absolute Gasteiger partial charge is 0.348 e. The summed E-state index contributed by atoms with van der Waals surface area (Å²) in [6.45, 7) is 7.03. The highest BCUT2D eigenvalue weighted by Crippen LogP contribution is 2.21. The van der Waals surface area contributed by atoms with E-state index in [1.165, 1.54) is 0 Å². The molecule has 0 aliphatic carbocycles. The molecule has 8 nitrogen and oxygen atoms in total. The predicted octanol–water partition coefficient (Wildman–Crippen LogP) is 2.76. The molecule has 1 aliphatic heterocycles. The van der Waals surface area contributed by atoms with Crippen LogP contribution < -0.4 is 5.32 Å². The number of aromatic nitrogens is 3. The Labute approximate surface area is 182 Å². The summed E-state index contributed by atoms with van der Waals surface area (Å²) in [5.41, 5.74) is 4.16. The molecule has 0 bridgehead atoms. The van der Waals surface area contributed by atoms with Crippen molar-refractivity contribution in [2.75, 3.05) is 13.1 Å². The van der Waals surface area contributed by atoms with Crippen molar-refractivity contribution in [2.45, 2.75) is 51.5 Å². The van der Waals surface area contributed by atoms with E-state index in [1.54, 1.807) is 40.0 Å². The number of hydrogen-bond donors (Lipinski definition) is 1. The number of benzene rings is 1. The molecule has 0 radical (unpaired) electrons. The van der Waals surface area contributed by atoms with Crippen molar-refractivity contribution >= 4 is 21.6 Å². The zero-order valence-corrected chi connectivity index (χ0v) is 18.9. The average molecular weight is 442 g/mol. The minimum absolute atomic E-state index is 0.255. The number of amides is 1. The van der Waals surface area contributed by atoms with Gasteiger partial charge >= 0.3 is 0 Å². The molecule has 4 rings (SSSR count). The van der Waals surface area contributed by atoms with Crippen LogP contribution in [0, 0.1) is 20.8 Å². The molecule has 2 aromatic heterocycles. The third-order valence-corrected chi connectivity index (χ3v) is 7.54. The number of hydrogen-bond acceptors (Lipinski definition) is 5. The fourth-order valence-electron chi connectivity index (χ4n) is 4.00. The van der Waals surface area contributed by atoms with Gasteiger partial charge in [-0.3, -0.25) is 4.79 Å². The van der Waals surface area contributed by atoms with Crippen LogP contribution in [-0.4, -0.2) is 46.3 Å². The van der Waals surface area contributed by atoms with Gasteiger partial charge in [-0.1, -0.05) is 18.6 Å². The summed E-state index contributed by atoms with van der Waals surface area (Å²) in [5, 5.41) is 7.34. The second-order valence-electron chi connectivity index (χ2n) is 8.03. The van der Waals surface area contributed by atoms with E-state index in [-0.39, 0.29) is 17.3 Å². The number of fused-ring (bicyclic) bond motifs is 1. The smallest absolute Gasteiger partial charge is 0.257 e. The lowest BCUT2D eigenvalue weighted by Crippen LogP contribution is -2.35. The van der Waals surface area contributed by atoms with Gasteiger partial charge < -0.3 is 5.32 Å². The highest BCUT2D eigenvalue weighted by atomic mass is 32.2. The van der Waals surface area contributed by atoms with Gasteiger partial charge in [0, 0.05) is 31.0 Å². The van der Waals surface area contributed by atoms with E-state index in [1.807, 2.05) is 19.9 Å². The van der Waals surface area contributed by atoms with Crippen LogP contribution in [0.2, 0.25) is 0 Å². The van der Waals surface area contributed by atoms with Crippen LogP contribution >= 0.6 is 0 Å². The van der Waals surface area contributed by atoms with Crippen LogP contribution in [0.15, 0.2) is 35.2 Å². The Kier molecular flexibility index (Phi) is 5.81. The van der Waals surface area contributed by atoms with E-state index in [2.05, 4.69) is 15.4 Å². The van der Waals surface area contributed by atoms with E-state index >= 15 is 0 Å². The second-order valence-corrected chi connectivity index (χ2v) is 9.96. The molecule has 1 amide bonds. The molecule has 1 fully saturated rings. The fraction of sp³-hybridized carbons (Fsp3) is 0.409. The van der Waals surface area contributed by atoms with Crippen molar-refractivity contribution in [3.05, 3.63) is 58.5 Å². The zero-order chi connectivity index (χ0) is 22.2. The van der Waals surface area contributed by atoms with Gasteiger partial charge in [0.05, 0.1) is 10.6 Å². The Hall–Kier alpha value is -2.78. The second kappa shape index (κ2) is 8.39. The molecule has 0 saturated carbocycles. The topological polar surface area (TPSA) is 96.7 Å². The van der Waals surface area contributed by atoms with Gasteiger partial charge in [0.15, 0.2) is 5.65 Å². The lowest BCUT2D eigenvalue weighted by Gasteiger charge is -2.25. The molecule has 0 atom stereocenters. The maximum Gasteiger partial charge on any atom is 0.257 e. The van der Waals surface area contributed by atoms with E-state index in [4.69, 9.17) is 0 Å². The van der Waals surface area contributed by atoms with Crippen LogP contribution in [0.4, 0.5) is 0 Å². The summed E-state index contributed by atoms with van der Waals surface area (Å²) in [5.74, 6) is -0.255. The molecular formula is C22H27N5O3S.